The summed E-state index contributed by atoms with van der Waals surface area (Å²) in [6.45, 7) is 4.06. The zero-order valence-electron chi connectivity index (χ0n) is 9.25. The number of nitrogens with two attached hydrogens (primary N) is 1. The maximum atomic E-state index is 13.0. The minimum atomic E-state index is -0.493. The Kier molecular flexibility index (Phi) is 2.35. The van der Waals surface area contributed by atoms with Crippen LogP contribution in [0.5, 0.6) is 0 Å². The highest BCUT2D eigenvalue weighted by Crippen LogP contribution is 2.13. The number of aromatic nitrogens is 2. The minimum Gasteiger partial charge on any atom is -0.324 e. The molecule has 0 radical (unpaired) electrons. The van der Waals surface area contributed by atoms with Gasteiger partial charge in [-0.25, -0.2) is 9.18 Å². The Balaban J connectivity index is 2.61. The van der Waals surface area contributed by atoms with E-state index in [1.54, 1.807) is 6.07 Å². The fourth-order valence-electron chi connectivity index (χ4n) is 1.70. The molecule has 0 aliphatic carbocycles. The van der Waals surface area contributed by atoms with Gasteiger partial charge >= 0.3 is 5.69 Å². The number of nitrogens with zero attached hydrogens (tertiary/aromatic N) is 1. The van der Waals surface area contributed by atoms with E-state index in [-0.39, 0.29) is 11.5 Å². The van der Waals surface area contributed by atoms with E-state index in [0.29, 0.717) is 17.6 Å². The summed E-state index contributed by atoms with van der Waals surface area (Å²) in [6.07, 6.45) is 0. The summed E-state index contributed by atoms with van der Waals surface area (Å²) in [5, 5.41) is 0. The Morgan fingerprint density at radius 3 is 2.81 bits per heavy atom. The molecule has 2 aromatic rings. The van der Waals surface area contributed by atoms with Gasteiger partial charge in [-0.15, -0.1) is 0 Å². The van der Waals surface area contributed by atoms with Gasteiger partial charge < -0.3 is 10.7 Å². The quantitative estimate of drug-likeness (QED) is 0.803. The topological polar surface area (TPSA) is 63.8 Å². The van der Waals surface area contributed by atoms with Gasteiger partial charge in [0, 0.05) is 12.1 Å². The molecule has 16 heavy (non-hydrogen) atoms. The van der Waals surface area contributed by atoms with Crippen molar-refractivity contribution in [3.63, 3.8) is 0 Å². The summed E-state index contributed by atoms with van der Waals surface area (Å²) in [4.78, 5) is 14.3. The number of nitrogens with one attached hydrogen (secondary N) is 1. The number of rotatable bonds is 2. The second kappa shape index (κ2) is 3.45. The summed E-state index contributed by atoms with van der Waals surface area (Å²) in [5.74, 6) is -0.368. The molecule has 0 spiro atoms. The largest absolute Gasteiger partial charge is 0.326 e. The first-order valence-electron chi connectivity index (χ1n) is 5.04. The van der Waals surface area contributed by atoms with Crippen LogP contribution in [-0.2, 0) is 6.54 Å². The highest BCUT2D eigenvalue weighted by Gasteiger charge is 2.16. The van der Waals surface area contributed by atoms with E-state index in [0.717, 1.165) is 0 Å². The third-order valence-electron chi connectivity index (χ3n) is 2.30. The molecule has 0 aliphatic rings. The molecular weight excluding hydrogens is 209 g/mol. The molecule has 1 aromatic heterocycles. The maximum absolute atomic E-state index is 13.0. The van der Waals surface area contributed by atoms with Crippen LogP contribution < -0.4 is 11.4 Å². The van der Waals surface area contributed by atoms with Crippen molar-refractivity contribution < 1.29 is 4.39 Å². The van der Waals surface area contributed by atoms with Crippen LogP contribution in [0.2, 0.25) is 0 Å². The number of aromatic amines is 1. The van der Waals surface area contributed by atoms with Crippen molar-refractivity contribution in [1.82, 2.24) is 9.55 Å². The second-order valence-corrected chi connectivity index (χ2v) is 4.67. The standard InChI is InChI=1S/C11H14FN3O/c1-11(2,13)6-15-9-4-3-7(12)5-8(9)14-10(15)16/h3-5H,6,13H2,1-2H3,(H,14,16). The second-order valence-electron chi connectivity index (χ2n) is 4.67. The van der Waals surface area contributed by atoms with Gasteiger partial charge in [0.05, 0.1) is 11.0 Å². The highest BCUT2D eigenvalue weighted by molar-refractivity contribution is 5.75. The SMILES string of the molecule is CC(C)(N)Cn1c(=O)[nH]c2cc(F)ccc21. The predicted molar refractivity (Wildman–Crippen MR) is 60.8 cm³/mol. The fourth-order valence-corrected chi connectivity index (χ4v) is 1.70. The number of halogens is 1. The first-order valence-corrected chi connectivity index (χ1v) is 5.04. The van der Waals surface area contributed by atoms with Gasteiger partial charge in [0.1, 0.15) is 5.82 Å². The van der Waals surface area contributed by atoms with Gasteiger partial charge in [0.25, 0.3) is 0 Å². The van der Waals surface area contributed by atoms with Crippen molar-refractivity contribution in [1.29, 1.82) is 0 Å². The molecule has 0 unspecified atom stereocenters. The molecule has 0 bridgehead atoms. The molecule has 0 saturated heterocycles. The first-order chi connectivity index (χ1) is 7.37. The van der Waals surface area contributed by atoms with Crippen molar-refractivity contribution >= 4 is 11.0 Å². The van der Waals surface area contributed by atoms with Crippen molar-refractivity contribution in [2.75, 3.05) is 0 Å². The van der Waals surface area contributed by atoms with Gasteiger partial charge in [-0.2, -0.15) is 0 Å². The third-order valence-corrected chi connectivity index (χ3v) is 2.30. The molecule has 0 fully saturated rings. The lowest BCUT2D eigenvalue weighted by Gasteiger charge is -2.18. The number of imidazole rings is 1. The molecule has 1 heterocycles. The number of H-pyrrole nitrogens is 1. The molecule has 0 saturated carbocycles. The van der Waals surface area contributed by atoms with E-state index in [1.807, 2.05) is 13.8 Å². The van der Waals surface area contributed by atoms with Crippen LogP contribution in [0.15, 0.2) is 23.0 Å². The van der Waals surface area contributed by atoms with E-state index >= 15 is 0 Å². The average molecular weight is 223 g/mol. The number of hydrogen-bond donors (Lipinski definition) is 2. The summed E-state index contributed by atoms with van der Waals surface area (Å²) in [5.41, 5.74) is 6.28. The molecule has 0 aliphatic heterocycles. The lowest BCUT2D eigenvalue weighted by molar-refractivity contribution is 0.434. The normalized spacial score (nSPS) is 12.2. The average Bonchev–Trinajstić information content (AvgIpc) is 2.40. The Bertz CT molecular complexity index is 577. The summed E-state index contributed by atoms with van der Waals surface area (Å²) in [6, 6.07) is 4.21. The van der Waals surface area contributed by atoms with Crippen molar-refractivity contribution in [2.45, 2.75) is 25.9 Å². The molecule has 86 valence electrons. The van der Waals surface area contributed by atoms with E-state index in [4.69, 9.17) is 5.73 Å². The molecule has 0 atom stereocenters. The Morgan fingerprint density at radius 1 is 1.50 bits per heavy atom. The number of fused-ring (bicyclic) bond motifs is 1. The number of benzene rings is 1. The molecular formula is C11H14FN3O. The lowest BCUT2D eigenvalue weighted by Crippen LogP contribution is -2.39. The van der Waals surface area contributed by atoms with Crippen LogP contribution in [0, 0.1) is 5.82 Å². The Morgan fingerprint density at radius 2 is 2.19 bits per heavy atom. The summed E-state index contributed by atoms with van der Waals surface area (Å²) in [7, 11) is 0. The van der Waals surface area contributed by atoms with E-state index < -0.39 is 5.54 Å². The maximum Gasteiger partial charge on any atom is 0.326 e. The summed E-state index contributed by atoms with van der Waals surface area (Å²) < 4.78 is 14.5. The zero-order valence-corrected chi connectivity index (χ0v) is 9.25. The fraction of sp³-hybridized carbons (Fsp3) is 0.364. The first kappa shape index (κ1) is 10.9. The van der Waals surface area contributed by atoms with Crippen LogP contribution in [0.1, 0.15) is 13.8 Å². The monoisotopic (exact) mass is 223 g/mol. The molecule has 1 aromatic carbocycles. The van der Waals surface area contributed by atoms with Gasteiger partial charge in [-0.05, 0) is 32.0 Å². The van der Waals surface area contributed by atoms with Crippen LogP contribution >= 0.6 is 0 Å². The molecule has 5 heteroatoms. The van der Waals surface area contributed by atoms with Crippen molar-refractivity contribution in [3.05, 3.63) is 34.5 Å². The van der Waals surface area contributed by atoms with Crippen LogP contribution in [-0.4, -0.2) is 15.1 Å². The lowest BCUT2D eigenvalue weighted by atomic mass is 10.1. The van der Waals surface area contributed by atoms with Gasteiger partial charge in [-0.3, -0.25) is 4.57 Å². The highest BCUT2D eigenvalue weighted by atomic mass is 19.1. The van der Waals surface area contributed by atoms with Crippen molar-refractivity contribution in [2.24, 2.45) is 5.73 Å². The Hall–Kier alpha value is -1.62. The Labute approximate surface area is 91.9 Å². The van der Waals surface area contributed by atoms with Crippen LogP contribution in [0.4, 0.5) is 4.39 Å². The molecule has 3 N–H and O–H groups in total. The smallest absolute Gasteiger partial charge is 0.324 e. The minimum absolute atomic E-state index is 0.265. The van der Waals surface area contributed by atoms with Gasteiger partial charge in [0.15, 0.2) is 0 Å². The van der Waals surface area contributed by atoms with Crippen LogP contribution in [0.3, 0.4) is 0 Å². The van der Waals surface area contributed by atoms with Gasteiger partial charge in [-0.1, -0.05) is 0 Å². The molecule has 2 rings (SSSR count). The van der Waals surface area contributed by atoms with Crippen LogP contribution in [0.25, 0.3) is 11.0 Å². The predicted octanol–water partition coefficient (Wildman–Crippen LogP) is 1.21. The molecule has 0 amide bonds. The van der Waals surface area contributed by atoms with E-state index in [9.17, 15) is 9.18 Å². The van der Waals surface area contributed by atoms with E-state index in [1.165, 1.54) is 16.7 Å². The van der Waals surface area contributed by atoms with Gasteiger partial charge in [0.2, 0.25) is 0 Å². The third kappa shape index (κ3) is 1.99. The van der Waals surface area contributed by atoms with E-state index in [2.05, 4.69) is 4.98 Å². The number of hydrogen-bond acceptors (Lipinski definition) is 2. The van der Waals surface area contributed by atoms with Crippen molar-refractivity contribution in [3.8, 4) is 0 Å². The molecule has 4 nitrogen and oxygen atoms in total. The zero-order chi connectivity index (χ0) is 11.9. The summed E-state index contributed by atoms with van der Waals surface area (Å²) >= 11 is 0.